The summed E-state index contributed by atoms with van der Waals surface area (Å²) in [6.07, 6.45) is 1.19. The fourth-order valence-corrected chi connectivity index (χ4v) is 3.61. The van der Waals surface area contributed by atoms with Crippen LogP contribution >= 0.6 is 11.8 Å². The Balaban J connectivity index is 2.22. The van der Waals surface area contributed by atoms with Crippen LogP contribution in [0.2, 0.25) is 0 Å². The van der Waals surface area contributed by atoms with Crippen LogP contribution in [0.25, 0.3) is 11.1 Å². The monoisotopic (exact) mass is 288 g/mol. The van der Waals surface area contributed by atoms with E-state index in [4.69, 9.17) is 10.2 Å². The average Bonchev–Trinajstić information content (AvgIpc) is 2.55. The van der Waals surface area contributed by atoms with Crippen molar-refractivity contribution in [2.24, 2.45) is 0 Å². The topological polar surface area (TPSA) is 106 Å². The van der Waals surface area contributed by atoms with Crippen LogP contribution in [0.4, 0.5) is 5.69 Å². The van der Waals surface area contributed by atoms with Crippen LogP contribution in [-0.2, 0) is 9.84 Å². The van der Waals surface area contributed by atoms with Gasteiger partial charge in [-0.05, 0) is 6.07 Å². The zero-order valence-electron chi connectivity index (χ0n) is 9.60. The normalized spacial score (nSPS) is 12.1. The molecule has 6 nitrogen and oxygen atoms in total. The maximum Gasteiger partial charge on any atom is 0.417 e. The van der Waals surface area contributed by atoms with Crippen LogP contribution in [0, 0.1) is 0 Å². The van der Waals surface area contributed by atoms with E-state index in [0.717, 1.165) is 4.90 Å². The van der Waals surface area contributed by atoms with Gasteiger partial charge in [0.15, 0.2) is 5.58 Å². The molecule has 98 valence electrons. The first-order valence-corrected chi connectivity index (χ1v) is 8.12. The van der Waals surface area contributed by atoms with Crippen LogP contribution in [0.1, 0.15) is 0 Å². The maximum absolute atomic E-state index is 11.0. The highest BCUT2D eigenvalue weighted by atomic mass is 32.2. The molecule has 1 aromatic heterocycles. The van der Waals surface area contributed by atoms with Gasteiger partial charge in [-0.1, -0.05) is 0 Å². The number of nitrogens with one attached hydrogen (secondary N) is 1. The summed E-state index contributed by atoms with van der Waals surface area (Å²) in [5.41, 5.74) is 7.21. The number of aromatic amines is 1. The summed E-state index contributed by atoms with van der Waals surface area (Å²) in [4.78, 5) is 14.3. The van der Waals surface area contributed by atoms with Gasteiger partial charge in [0.2, 0.25) is 0 Å². The predicted molar refractivity (Wildman–Crippen MR) is 71.7 cm³/mol. The van der Waals surface area contributed by atoms with Gasteiger partial charge >= 0.3 is 5.76 Å². The Hall–Kier alpha value is -1.41. The second-order valence-electron chi connectivity index (χ2n) is 3.88. The van der Waals surface area contributed by atoms with E-state index in [-0.39, 0.29) is 5.75 Å². The summed E-state index contributed by atoms with van der Waals surface area (Å²) in [6.45, 7) is 0. The molecule has 2 aromatic rings. The fraction of sp³-hybridized carbons (Fsp3) is 0.300. The molecule has 0 bridgehead atoms. The number of oxazole rings is 1. The molecule has 0 spiro atoms. The lowest BCUT2D eigenvalue weighted by atomic mass is 10.3. The molecule has 0 fully saturated rings. The molecule has 8 heteroatoms. The molecule has 2 rings (SSSR count). The molecular formula is C10H12N2O4S2. The summed E-state index contributed by atoms with van der Waals surface area (Å²) in [7, 11) is -2.98. The van der Waals surface area contributed by atoms with E-state index in [1.807, 2.05) is 0 Å². The number of anilines is 1. The lowest BCUT2D eigenvalue weighted by Gasteiger charge is -2.04. The number of thioether (sulfide) groups is 1. The van der Waals surface area contributed by atoms with Crippen molar-refractivity contribution in [3.8, 4) is 0 Å². The van der Waals surface area contributed by atoms with Gasteiger partial charge in [0.25, 0.3) is 0 Å². The van der Waals surface area contributed by atoms with Crippen LogP contribution in [0.3, 0.4) is 0 Å². The summed E-state index contributed by atoms with van der Waals surface area (Å²) >= 11 is 1.33. The molecule has 0 radical (unpaired) electrons. The summed E-state index contributed by atoms with van der Waals surface area (Å²) < 4.78 is 26.9. The van der Waals surface area contributed by atoms with Crippen molar-refractivity contribution in [1.82, 2.24) is 4.98 Å². The number of rotatable bonds is 4. The molecule has 1 heterocycles. The Labute approximate surface area is 107 Å². The number of nitrogen functional groups attached to an aromatic ring is 1. The van der Waals surface area contributed by atoms with Crippen molar-refractivity contribution in [3.05, 3.63) is 22.7 Å². The van der Waals surface area contributed by atoms with E-state index in [1.54, 1.807) is 12.1 Å². The largest absolute Gasteiger partial charge is 0.417 e. The zero-order chi connectivity index (χ0) is 13.3. The molecule has 1 aromatic carbocycles. The maximum atomic E-state index is 11.0. The first-order chi connectivity index (χ1) is 8.35. The van der Waals surface area contributed by atoms with Gasteiger partial charge in [-0.3, -0.25) is 4.98 Å². The number of hydrogen-bond donors (Lipinski definition) is 2. The standard InChI is InChI=1S/C10H12N2O4S2/c1-18(14,15)3-2-17-9-5-7-8(4-6(9)11)16-10(13)12-7/h4-5H,2-3,11H2,1H3,(H,12,13). The Morgan fingerprint density at radius 3 is 2.83 bits per heavy atom. The van der Waals surface area contributed by atoms with Gasteiger partial charge in [-0.2, -0.15) is 0 Å². The van der Waals surface area contributed by atoms with Crippen LogP contribution in [0.15, 0.2) is 26.2 Å². The zero-order valence-corrected chi connectivity index (χ0v) is 11.2. The predicted octanol–water partition coefficient (Wildman–Crippen LogP) is 0.840. The van der Waals surface area contributed by atoms with Gasteiger partial charge in [-0.15, -0.1) is 11.8 Å². The van der Waals surface area contributed by atoms with Crippen LogP contribution in [-0.4, -0.2) is 31.2 Å². The first-order valence-electron chi connectivity index (χ1n) is 5.08. The quantitative estimate of drug-likeness (QED) is 0.638. The summed E-state index contributed by atoms with van der Waals surface area (Å²) in [5.74, 6) is -0.0455. The van der Waals surface area contributed by atoms with E-state index in [0.29, 0.717) is 22.5 Å². The molecule has 0 atom stereocenters. The van der Waals surface area contributed by atoms with Crippen LogP contribution < -0.4 is 11.5 Å². The third-order valence-corrected chi connectivity index (χ3v) is 4.54. The SMILES string of the molecule is CS(=O)(=O)CCSc1cc2[nH]c(=O)oc2cc1N. The Morgan fingerprint density at radius 2 is 2.17 bits per heavy atom. The second kappa shape index (κ2) is 4.69. The summed E-state index contributed by atoms with van der Waals surface area (Å²) in [6, 6.07) is 3.23. The molecule has 18 heavy (non-hydrogen) atoms. The molecule has 0 saturated carbocycles. The smallest absolute Gasteiger partial charge is 0.408 e. The number of aromatic nitrogens is 1. The molecule has 0 aliphatic rings. The van der Waals surface area contributed by atoms with E-state index in [2.05, 4.69) is 4.98 Å². The van der Waals surface area contributed by atoms with E-state index in [9.17, 15) is 13.2 Å². The second-order valence-corrected chi connectivity index (χ2v) is 7.28. The Morgan fingerprint density at radius 1 is 1.44 bits per heavy atom. The highest BCUT2D eigenvalue weighted by Crippen LogP contribution is 2.28. The van der Waals surface area contributed by atoms with Crippen molar-refractivity contribution in [3.63, 3.8) is 0 Å². The highest BCUT2D eigenvalue weighted by Gasteiger charge is 2.09. The highest BCUT2D eigenvalue weighted by molar-refractivity contribution is 8.00. The molecule has 0 saturated heterocycles. The Kier molecular flexibility index (Phi) is 3.40. The minimum absolute atomic E-state index is 0.0804. The van der Waals surface area contributed by atoms with Crippen molar-refractivity contribution in [2.45, 2.75) is 4.90 Å². The minimum atomic E-state index is -2.98. The lowest BCUT2D eigenvalue weighted by Crippen LogP contribution is -2.05. The van der Waals surface area contributed by atoms with E-state index < -0.39 is 15.6 Å². The molecule has 0 amide bonds. The number of hydrogen-bond acceptors (Lipinski definition) is 6. The number of benzene rings is 1. The van der Waals surface area contributed by atoms with Crippen molar-refractivity contribution >= 4 is 38.4 Å². The van der Waals surface area contributed by atoms with Gasteiger partial charge in [0.05, 0.1) is 11.3 Å². The van der Waals surface area contributed by atoms with Crippen molar-refractivity contribution in [1.29, 1.82) is 0 Å². The molecule has 0 aliphatic heterocycles. The van der Waals surface area contributed by atoms with Gasteiger partial charge < -0.3 is 10.2 Å². The number of sulfone groups is 1. The number of H-pyrrole nitrogens is 1. The molecule has 3 N–H and O–H groups in total. The molecule has 0 unspecified atom stereocenters. The lowest BCUT2D eigenvalue weighted by molar-refractivity contribution is 0.555. The molecule has 0 aliphatic carbocycles. The number of nitrogens with two attached hydrogens (primary N) is 1. The van der Waals surface area contributed by atoms with Gasteiger partial charge in [-0.25, -0.2) is 13.2 Å². The van der Waals surface area contributed by atoms with Crippen molar-refractivity contribution < 1.29 is 12.8 Å². The van der Waals surface area contributed by atoms with Gasteiger partial charge in [0, 0.05) is 28.7 Å². The van der Waals surface area contributed by atoms with Gasteiger partial charge in [0.1, 0.15) is 9.84 Å². The minimum Gasteiger partial charge on any atom is -0.408 e. The Bertz CT molecular complexity index is 730. The molecular weight excluding hydrogens is 276 g/mol. The third kappa shape index (κ3) is 3.08. The fourth-order valence-electron chi connectivity index (χ4n) is 1.42. The van der Waals surface area contributed by atoms with Crippen LogP contribution in [0.5, 0.6) is 0 Å². The number of fused-ring (bicyclic) bond motifs is 1. The first kappa shape index (κ1) is 13.0. The van der Waals surface area contributed by atoms with Crippen molar-refractivity contribution in [2.75, 3.05) is 23.5 Å². The third-order valence-electron chi connectivity index (χ3n) is 2.26. The summed E-state index contributed by atoms with van der Waals surface area (Å²) in [5, 5.41) is 0. The average molecular weight is 288 g/mol. The van der Waals surface area contributed by atoms with E-state index >= 15 is 0 Å². The van der Waals surface area contributed by atoms with E-state index in [1.165, 1.54) is 18.0 Å².